The van der Waals surface area contributed by atoms with E-state index < -0.39 is 0 Å². The molecule has 0 heteroatoms. The first kappa shape index (κ1) is 9.83. The molecule has 0 unspecified atom stereocenters. The van der Waals surface area contributed by atoms with E-state index in [1.165, 1.54) is 57.8 Å². The maximum absolute atomic E-state index is 2.48. The van der Waals surface area contributed by atoms with E-state index in [2.05, 4.69) is 13.0 Å². The molecule has 0 aromatic rings. The van der Waals surface area contributed by atoms with Crippen LogP contribution < -0.4 is 0 Å². The summed E-state index contributed by atoms with van der Waals surface area (Å²) in [5, 5.41) is 0. The Morgan fingerprint density at radius 1 is 1.17 bits per heavy atom. The summed E-state index contributed by atoms with van der Waals surface area (Å²) in [6.45, 7) is 2.28. The highest BCUT2D eigenvalue weighted by Gasteiger charge is 2.02. The molecule has 0 amide bonds. The molecule has 0 N–H and O–H groups in total. The van der Waals surface area contributed by atoms with Gasteiger partial charge < -0.3 is 0 Å². The zero-order valence-corrected chi connectivity index (χ0v) is 8.44. The molecule has 0 atom stereocenters. The molecule has 1 aliphatic rings. The van der Waals surface area contributed by atoms with Gasteiger partial charge in [-0.3, -0.25) is 0 Å². The molecule has 12 heavy (non-hydrogen) atoms. The van der Waals surface area contributed by atoms with Crippen molar-refractivity contribution in [2.24, 2.45) is 0 Å². The van der Waals surface area contributed by atoms with Crippen LogP contribution in [0, 0.1) is 0 Å². The van der Waals surface area contributed by atoms with Crippen LogP contribution in [-0.2, 0) is 0 Å². The standard InChI is InChI=1S/C12H22/c1-2-3-4-6-9-12-10-7-5-8-11-12/h10H,2-9,11H2,1H3. The molecule has 0 radical (unpaired) electrons. The molecule has 0 heterocycles. The Balaban J connectivity index is 2.01. The second-order valence-corrected chi connectivity index (χ2v) is 3.92. The SMILES string of the molecule is CCCCCCC1=CCCCC1. The number of hydrogen-bond donors (Lipinski definition) is 0. The third kappa shape index (κ3) is 3.94. The van der Waals surface area contributed by atoms with Gasteiger partial charge in [0.15, 0.2) is 0 Å². The Labute approximate surface area is 77.1 Å². The second kappa shape index (κ2) is 6.28. The van der Waals surface area contributed by atoms with Gasteiger partial charge in [-0.05, 0) is 38.5 Å². The Hall–Kier alpha value is -0.260. The lowest BCUT2D eigenvalue weighted by Crippen LogP contribution is -1.91. The number of allylic oxidation sites excluding steroid dienone is 2. The molecular weight excluding hydrogens is 144 g/mol. The first-order valence-corrected chi connectivity index (χ1v) is 5.61. The van der Waals surface area contributed by atoms with Gasteiger partial charge in [0.2, 0.25) is 0 Å². The largest absolute Gasteiger partial charge is 0.0853 e. The third-order valence-electron chi connectivity index (χ3n) is 2.74. The first-order chi connectivity index (χ1) is 5.93. The van der Waals surface area contributed by atoms with Gasteiger partial charge in [0.1, 0.15) is 0 Å². The van der Waals surface area contributed by atoms with Crippen molar-refractivity contribution >= 4 is 0 Å². The summed E-state index contributed by atoms with van der Waals surface area (Å²) in [5.41, 5.74) is 1.75. The van der Waals surface area contributed by atoms with Crippen LogP contribution in [0.25, 0.3) is 0 Å². The van der Waals surface area contributed by atoms with Gasteiger partial charge in [-0.1, -0.05) is 37.8 Å². The smallest absolute Gasteiger partial charge is 0.0320 e. The van der Waals surface area contributed by atoms with Gasteiger partial charge in [0.05, 0.1) is 0 Å². The maximum Gasteiger partial charge on any atom is -0.0320 e. The zero-order valence-electron chi connectivity index (χ0n) is 8.44. The predicted molar refractivity (Wildman–Crippen MR) is 55.3 cm³/mol. The minimum Gasteiger partial charge on any atom is -0.0853 e. The molecule has 0 saturated carbocycles. The fourth-order valence-corrected chi connectivity index (χ4v) is 1.91. The normalized spacial score (nSPS) is 17.6. The molecule has 0 saturated heterocycles. The van der Waals surface area contributed by atoms with Crippen molar-refractivity contribution in [3.63, 3.8) is 0 Å². The summed E-state index contributed by atoms with van der Waals surface area (Å²) in [6.07, 6.45) is 15.1. The summed E-state index contributed by atoms with van der Waals surface area (Å²) < 4.78 is 0. The highest BCUT2D eigenvalue weighted by atomic mass is 14.1. The number of rotatable bonds is 5. The minimum atomic E-state index is 1.35. The summed E-state index contributed by atoms with van der Waals surface area (Å²) >= 11 is 0. The molecule has 0 aromatic heterocycles. The molecule has 0 aromatic carbocycles. The van der Waals surface area contributed by atoms with Crippen LogP contribution in [0.4, 0.5) is 0 Å². The first-order valence-electron chi connectivity index (χ1n) is 5.61. The van der Waals surface area contributed by atoms with Gasteiger partial charge in [0, 0.05) is 0 Å². The van der Waals surface area contributed by atoms with Crippen LogP contribution >= 0.6 is 0 Å². The van der Waals surface area contributed by atoms with Crippen molar-refractivity contribution in [2.45, 2.75) is 64.7 Å². The van der Waals surface area contributed by atoms with Gasteiger partial charge in [-0.15, -0.1) is 0 Å². The predicted octanol–water partition coefficient (Wildman–Crippen LogP) is 4.46. The van der Waals surface area contributed by atoms with Crippen molar-refractivity contribution in [2.75, 3.05) is 0 Å². The van der Waals surface area contributed by atoms with Gasteiger partial charge in [-0.2, -0.15) is 0 Å². The van der Waals surface area contributed by atoms with Crippen LogP contribution in [0.1, 0.15) is 64.7 Å². The van der Waals surface area contributed by atoms with E-state index in [1.54, 1.807) is 5.57 Å². The van der Waals surface area contributed by atoms with Crippen molar-refractivity contribution in [3.8, 4) is 0 Å². The maximum atomic E-state index is 2.48. The van der Waals surface area contributed by atoms with Crippen molar-refractivity contribution < 1.29 is 0 Å². The Morgan fingerprint density at radius 3 is 2.75 bits per heavy atom. The molecule has 1 aliphatic carbocycles. The average Bonchev–Trinajstić information content (AvgIpc) is 2.14. The Bertz CT molecular complexity index is 133. The van der Waals surface area contributed by atoms with E-state index in [0.717, 1.165) is 0 Å². The molecule has 0 spiro atoms. The number of unbranched alkanes of at least 4 members (excludes halogenated alkanes) is 3. The lowest BCUT2D eigenvalue weighted by Gasteiger charge is -2.11. The summed E-state index contributed by atoms with van der Waals surface area (Å²) in [4.78, 5) is 0. The Morgan fingerprint density at radius 2 is 2.08 bits per heavy atom. The topological polar surface area (TPSA) is 0 Å². The van der Waals surface area contributed by atoms with Gasteiger partial charge in [-0.25, -0.2) is 0 Å². The monoisotopic (exact) mass is 166 g/mol. The minimum absolute atomic E-state index is 1.35. The summed E-state index contributed by atoms with van der Waals surface area (Å²) in [5.74, 6) is 0. The van der Waals surface area contributed by atoms with E-state index in [1.807, 2.05) is 0 Å². The number of hydrogen-bond acceptors (Lipinski definition) is 0. The fourth-order valence-electron chi connectivity index (χ4n) is 1.91. The molecule has 0 nitrogen and oxygen atoms in total. The third-order valence-corrected chi connectivity index (χ3v) is 2.74. The van der Waals surface area contributed by atoms with E-state index >= 15 is 0 Å². The molecule has 0 fully saturated rings. The van der Waals surface area contributed by atoms with Crippen molar-refractivity contribution in [1.29, 1.82) is 0 Å². The average molecular weight is 166 g/mol. The molecule has 0 bridgehead atoms. The van der Waals surface area contributed by atoms with Crippen LogP contribution in [0.2, 0.25) is 0 Å². The van der Waals surface area contributed by atoms with E-state index in [-0.39, 0.29) is 0 Å². The van der Waals surface area contributed by atoms with Crippen molar-refractivity contribution in [3.05, 3.63) is 11.6 Å². The zero-order chi connectivity index (χ0) is 8.65. The summed E-state index contributed by atoms with van der Waals surface area (Å²) in [6, 6.07) is 0. The van der Waals surface area contributed by atoms with Crippen LogP contribution in [0.3, 0.4) is 0 Å². The van der Waals surface area contributed by atoms with Crippen LogP contribution in [0.5, 0.6) is 0 Å². The molecule has 1 rings (SSSR count). The van der Waals surface area contributed by atoms with Gasteiger partial charge >= 0.3 is 0 Å². The highest BCUT2D eigenvalue weighted by molar-refractivity contribution is 5.04. The van der Waals surface area contributed by atoms with E-state index in [4.69, 9.17) is 0 Å². The van der Waals surface area contributed by atoms with E-state index in [0.29, 0.717) is 0 Å². The van der Waals surface area contributed by atoms with Crippen LogP contribution in [0.15, 0.2) is 11.6 Å². The van der Waals surface area contributed by atoms with Crippen LogP contribution in [-0.4, -0.2) is 0 Å². The van der Waals surface area contributed by atoms with E-state index in [9.17, 15) is 0 Å². The summed E-state index contributed by atoms with van der Waals surface area (Å²) in [7, 11) is 0. The molecule has 0 aliphatic heterocycles. The second-order valence-electron chi connectivity index (χ2n) is 3.92. The quantitative estimate of drug-likeness (QED) is 0.418. The molecule has 70 valence electrons. The lowest BCUT2D eigenvalue weighted by molar-refractivity contribution is 0.622. The van der Waals surface area contributed by atoms with Crippen molar-refractivity contribution in [1.82, 2.24) is 0 Å². The van der Waals surface area contributed by atoms with Gasteiger partial charge in [0.25, 0.3) is 0 Å². The fraction of sp³-hybridized carbons (Fsp3) is 0.833. The lowest BCUT2D eigenvalue weighted by atomic mass is 9.95. The molecular formula is C12H22. The highest BCUT2D eigenvalue weighted by Crippen LogP contribution is 2.22. The Kier molecular flexibility index (Phi) is 5.14.